The monoisotopic (exact) mass is 843 g/mol. The Bertz CT molecular complexity index is 1020. The fourth-order valence-electron chi connectivity index (χ4n) is 7.50. The van der Waals surface area contributed by atoms with Crippen molar-refractivity contribution < 1.29 is 28.6 Å². The molecule has 0 aliphatic heterocycles. The molecular weight excluding hydrogens is 745 g/mol. The highest BCUT2D eigenvalue weighted by Gasteiger charge is 2.19. The molecule has 0 bridgehead atoms. The van der Waals surface area contributed by atoms with Gasteiger partial charge in [-0.2, -0.15) is 0 Å². The molecule has 350 valence electrons. The van der Waals surface area contributed by atoms with Gasteiger partial charge in [0.15, 0.2) is 6.10 Å². The molecule has 0 aliphatic carbocycles. The second-order valence-corrected chi connectivity index (χ2v) is 17.5. The van der Waals surface area contributed by atoms with Crippen molar-refractivity contribution in [1.82, 2.24) is 0 Å². The van der Waals surface area contributed by atoms with Crippen LogP contribution in [-0.2, 0) is 28.6 Å². The van der Waals surface area contributed by atoms with Gasteiger partial charge in [-0.05, 0) is 44.9 Å². The van der Waals surface area contributed by atoms with Gasteiger partial charge >= 0.3 is 17.9 Å². The molecule has 0 aromatic carbocycles. The predicted octanol–water partition coefficient (Wildman–Crippen LogP) is 16.9. The van der Waals surface area contributed by atoms with E-state index < -0.39 is 6.10 Å². The molecule has 0 saturated heterocycles. The van der Waals surface area contributed by atoms with E-state index in [1.807, 2.05) is 0 Å². The lowest BCUT2D eigenvalue weighted by Crippen LogP contribution is -2.30. The number of allylic oxidation sites excluding steroid dienone is 6. The first-order chi connectivity index (χ1) is 29.5. The Morgan fingerprint density at radius 1 is 0.333 bits per heavy atom. The van der Waals surface area contributed by atoms with Gasteiger partial charge < -0.3 is 14.2 Å². The standard InChI is InChI=1S/C54H98O6/c1-4-7-10-13-16-19-22-25-26-27-28-29-30-33-35-38-41-44-47-53(56)59-50-51(60-54(57)48-45-42-39-36-32-24-21-18-15-12-9-6-3)49-58-52(55)46-43-40-37-34-31-23-20-17-14-11-8-5-2/h22,25-29,51H,4-21,23-24,30-50H2,1-3H3/b25-22-,27-26-,29-28-. The summed E-state index contributed by atoms with van der Waals surface area (Å²) >= 11 is 0. The molecule has 0 aliphatic rings. The zero-order valence-corrected chi connectivity index (χ0v) is 40.0. The summed E-state index contributed by atoms with van der Waals surface area (Å²) < 4.78 is 16.8. The number of rotatable bonds is 47. The van der Waals surface area contributed by atoms with Gasteiger partial charge in [-0.15, -0.1) is 0 Å². The van der Waals surface area contributed by atoms with Gasteiger partial charge in [-0.3, -0.25) is 14.4 Å². The van der Waals surface area contributed by atoms with Crippen LogP contribution in [0.2, 0.25) is 0 Å². The first-order valence-electron chi connectivity index (χ1n) is 26.0. The van der Waals surface area contributed by atoms with E-state index in [9.17, 15) is 14.4 Å². The molecule has 6 heteroatoms. The molecule has 1 unspecified atom stereocenters. The number of ether oxygens (including phenoxy) is 3. The van der Waals surface area contributed by atoms with Crippen molar-refractivity contribution in [2.45, 2.75) is 277 Å². The highest BCUT2D eigenvalue weighted by Crippen LogP contribution is 2.15. The summed E-state index contributed by atoms with van der Waals surface area (Å²) in [4.78, 5) is 37.9. The maximum absolute atomic E-state index is 12.8. The smallest absolute Gasteiger partial charge is 0.306 e. The highest BCUT2D eigenvalue weighted by molar-refractivity contribution is 5.71. The van der Waals surface area contributed by atoms with Crippen LogP contribution in [0.3, 0.4) is 0 Å². The number of hydrogen-bond acceptors (Lipinski definition) is 6. The number of unbranched alkanes of at least 4 members (excludes halogenated alkanes) is 32. The van der Waals surface area contributed by atoms with Crippen LogP contribution in [0.25, 0.3) is 0 Å². The minimum Gasteiger partial charge on any atom is -0.462 e. The molecule has 0 spiro atoms. The zero-order chi connectivity index (χ0) is 43.7. The lowest BCUT2D eigenvalue weighted by atomic mass is 10.0. The molecule has 0 heterocycles. The average Bonchev–Trinajstić information content (AvgIpc) is 3.24. The molecule has 0 rings (SSSR count). The summed E-state index contributed by atoms with van der Waals surface area (Å²) in [6, 6.07) is 0. The van der Waals surface area contributed by atoms with Crippen molar-refractivity contribution in [3.8, 4) is 0 Å². The van der Waals surface area contributed by atoms with Gasteiger partial charge in [-0.1, -0.05) is 243 Å². The van der Waals surface area contributed by atoms with Crippen LogP contribution in [-0.4, -0.2) is 37.2 Å². The van der Waals surface area contributed by atoms with Crippen LogP contribution < -0.4 is 0 Å². The molecule has 0 aromatic rings. The first kappa shape index (κ1) is 57.6. The van der Waals surface area contributed by atoms with E-state index >= 15 is 0 Å². The normalized spacial score (nSPS) is 12.2. The predicted molar refractivity (Wildman–Crippen MR) is 256 cm³/mol. The highest BCUT2D eigenvalue weighted by atomic mass is 16.6. The quantitative estimate of drug-likeness (QED) is 0.0263. The average molecular weight is 843 g/mol. The largest absolute Gasteiger partial charge is 0.462 e. The van der Waals surface area contributed by atoms with Crippen LogP contribution in [0.5, 0.6) is 0 Å². The SMILES string of the molecule is CCCCCCC\C=C/C=C\C=C/CCCCCCCC(=O)OCC(COC(=O)CCCCCCCCCCCCCC)OC(=O)CCCCCCCCCCCCCC. The third-order valence-electron chi connectivity index (χ3n) is 11.5. The molecule has 0 aromatic heterocycles. The fraction of sp³-hybridized carbons (Fsp3) is 0.833. The third-order valence-corrected chi connectivity index (χ3v) is 11.5. The van der Waals surface area contributed by atoms with E-state index in [2.05, 4.69) is 57.2 Å². The Morgan fingerprint density at radius 3 is 0.917 bits per heavy atom. The second kappa shape index (κ2) is 49.3. The van der Waals surface area contributed by atoms with Gasteiger partial charge in [-0.25, -0.2) is 0 Å². The number of hydrogen-bond donors (Lipinski definition) is 0. The lowest BCUT2D eigenvalue weighted by Gasteiger charge is -2.18. The van der Waals surface area contributed by atoms with E-state index in [4.69, 9.17) is 14.2 Å². The molecular formula is C54H98O6. The fourth-order valence-corrected chi connectivity index (χ4v) is 7.50. The van der Waals surface area contributed by atoms with Crippen molar-refractivity contribution in [2.75, 3.05) is 13.2 Å². The molecule has 0 fully saturated rings. The molecule has 1 atom stereocenters. The minimum atomic E-state index is -0.774. The summed E-state index contributed by atoms with van der Waals surface area (Å²) in [5.74, 6) is -0.884. The number of carbonyl (C=O) groups excluding carboxylic acids is 3. The Kier molecular flexibility index (Phi) is 47.3. The van der Waals surface area contributed by atoms with Crippen molar-refractivity contribution >= 4 is 17.9 Å². The van der Waals surface area contributed by atoms with Gasteiger partial charge in [0.25, 0.3) is 0 Å². The molecule has 0 radical (unpaired) electrons. The topological polar surface area (TPSA) is 78.9 Å². The molecule has 60 heavy (non-hydrogen) atoms. The van der Waals surface area contributed by atoms with Crippen LogP contribution in [0.15, 0.2) is 36.5 Å². The van der Waals surface area contributed by atoms with Gasteiger partial charge in [0.05, 0.1) is 0 Å². The van der Waals surface area contributed by atoms with E-state index in [1.54, 1.807) is 0 Å². The van der Waals surface area contributed by atoms with E-state index in [0.717, 1.165) is 77.0 Å². The summed E-state index contributed by atoms with van der Waals surface area (Å²) in [7, 11) is 0. The van der Waals surface area contributed by atoms with E-state index in [-0.39, 0.29) is 31.1 Å². The van der Waals surface area contributed by atoms with Gasteiger partial charge in [0.1, 0.15) is 13.2 Å². The molecule has 0 N–H and O–H groups in total. The second-order valence-electron chi connectivity index (χ2n) is 17.5. The van der Waals surface area contributed by atoms with Gasteiger partial charge in [0, 0.05) is 19.3 Å². The number of esters is 3. The van der Waals surface area contributed by atoms with Crippen LogP contribution in [0, 0.1) is 0 Å². The molecule has 0 amide bonds. The molecule has 0 saturated carbocycles. The number of carbonyl (C=O) groups is 3. The first-order valence-corrected chi connectivity index (χ1v) is 26.0. The lowest BCUT2D eigenvalue weighted by molar-refractivity contribution is -0.167. The Hall–Kier alpha value is -2.37. The Morgan fingerprint density at radius 2 is 0.600 bits per heavy atom. The van der Waals surface area contributed by atoms with Crippen molar-refractivity contribution in [1.29, 1.82) is 0 Å². The summed E-state index contributed by atoms with van der Waals surface area (Å²) in [5, 5.41) is 0. The van der Waals surface area contributed by atoms with Crippen LogP contribution >= 0.6 is 0 Å². The minimum absolute atomic E-state index is 0.0747. The molecule has 6 nitrogen and oxygen atoms in total. The maximum atomic E-state index is 12.8. The van der Waals surface area contributed by atoms with Crippen molar-refractivity contribution in [3.63, 3.8) is 0 Å². The summed E-state index contributed by atoms with van der Waals surface area (Å²) in [6.45, 7) is 6.62. The zero-order valence-electron chi connectivity index (χ0n) is 40.0. The van der Waals surface area contributed by atoms with E-state index in [1.165, 1.54) is 154 Å². The third kappa shape index (κ3) is 46.7. The Balaban J connectivity index is 4.36. The van der Waals surface area contributed by atoms with Crippen molar-refractivity contribution in [3.05, 3.63) is 36.5 Å². The van der Waals surface area contributed by atoms with Crippen molar-refractivity contribution in [2.24, 2.45) is 0 Å². The van der Waals surface area contributed by atoms with Crippen LogP contribution in [0.1, 0.15) is 271 Å². The maximum Gasteiger partial charge on any atom is 0.306 e. The Labute approximate surface area is 372 Å². The van der Waals surface area contributed by atoms with E-state index in [0.29, 0.717) is 19.3 Å². The van der Waals surface area contributed by atoms with Crippen LogP contribution in [0.4, 0.5) is 0 Å². The summed E-state index contributed by atoms with van der Waals surface area (Å²) in [5.41, 5.74) is 0. The van der Waals surface area contributed by atoms with Gasteiger partial charge in [0.2, 0.25) is 0 Å². The summed E-state index contributed by atoms with van der Waals surface area (Å²) in [6.07, 6.45) is 56.9.